The summed E-state index contributed by atoms with van der Waals surface area (Å²) in [7, 11) is 4.00. The van der Waals surface area contributed by atoms with Gasteiger partial charge in [-0.05, 0) is 59.2 Å². The second kappa shape index (κ2) is 14.5. The van der Waals surface area contributed by atoms with Crippen molar-refractivity contribution in [2.24, 2.45) is 4.99 Å². The van der Waals surface area contributed by atoms with E-state index in [9.17, 15) is 4.79 Å². The highest BCUT2D eigenvalue weighted by Gasteiger charge is 2.53. The Balaban J connectivity index is 1.47. The molecule has 5 rings (SSSR count). The minimum atomic E-state index is -1.32. The predicted octanol–water partition coefficient (Wildman–Crippen LogP) is 5.60. The molecule has 0 bridgehead atoms. The van der Waals surface area contributed by atoms with Gasteiger partial charge < -0.3 is 19.5 Å². The number of nitrogens with zero attached hydrogens (tertiary/aromatic N) is 2. The van der Waals surface area contributed by atoms with E-state index in [1.165, 1.54) is 0 Å². The lowest BCUT2D eigenvalue weighted by molar-refractivity contribution is -0.130. The number of hydrazine groups is 1. The molecule has 1 aliphatic rings. The molecule has 228 valence electrons. The Morgan fingerprint density at radius 3 is 2.36 bits per heavy atom. The number of aliphatic hydroxyl groups is 1. The minimum Gasteiger partial charge on any atom is -0.494 e. The van der Waals surface area contributed by atoms with Gasteiger partial charge in [-0.25, -0.2) is 10.4 Å². The maximum Gasteiger partial charge on any atom is 0.266 e. The molecule has 0 fully saturated rings. The van der Waals surface area contributed by atoms with Gasteiger partial charge in [-0.15, -0.1) is 0 Å². The summed E-state index contributed by atoms with van der Waals surface area (Å²) < 4.78 is 13.2. The molecule has 2 atom stereocenters. The van der Waals surface area contributed by atoms with Crippen LogP contribution in [0.2, 0.25) is 0 Å². The molecule has 0 radical (unpaired) electrons. The van der Waals surface area contributed by atoms with Crippen molar-refractivity contribution in [1.29, 1.82) is 0 Å². The number of aliphatic hydroxyl groups excluding tert-OH is 1. The van der Waals surface area contributed by atoms with Crippen molar-refractivity contribution in [3.8, 4) is 5.75 Å². The van der Waals surface area contributed by atoms with E-state index in [1.54, 1.807) is 0 Å². The second-order valence-electron chi connectivity index (χ2n) is 10.8. The number of halogens is 1. The van der Waals surface area contributed by atoms with Gasteiger partial charge in [-0.2, -0.15) is 0 Å². The van der Waals surface area contributed by atoms with Gasteiger partial charge in [-0.1, -0.05) is 76.6 Å². The van der Waals surface area contributed by atoms with Crippen LogP contribution in [0.15, 0.2) is 113 Å². The fourth-order valence-electron chi connectivity index (χ4n) is 5.09. The molecule has 1 aliphatic heterocycles. The van der Waals surface area contributed by atoms with Crippen LogP contribution < -0.4 is 20.5 Å². The number of benzene rings is 4. The molecule has 44 heavy (non-hydrogen) atoms. The molecule has 1 amide bonds. The Bertz CT molecular complexity index is 1560. The number of anilines is 1. The standard InChI is InChI=1S/C35H37BrN4O4/c1-40(2)29-17-13-25(14-18-29)24-37-39-34(42)35(23-28-11-6-7-12-31(28)36)32(26-9-4-3-5-10-26)44-33(38-35)27-15-19-30(20-16-27)43-22-8-21-41/h3-7,9-20,32,37,41H,8,21-24H2,1-2H3,(H,39,42)/t32-,35-/m0/s1. The molecule has 3 N–H and O–H groups in total. The second-order valence-corrected chi connectivity index (χ2v) is 11.7. The van der Waals surface area contributed by atoms with E-state index in [-0.39, 0.29) is 12.5 Å². The number of ether oxygens (including phenoxy) is 2. The average Bonchev–Trinajstić information content (AvgIpc) is 3.44. The van der Waals surface area contributed by atoms with Crippen molar-refractivity contribution >= 4 is 33.4 Å². The minimum absolute atomic E-state index is 0.0723. The number of amides is 1. The number of aliphatic imine (C=N–C) groups is 1. The lowest BCUT2D eigenvalue weighted by atomic mass is 9.82. The van der Waals surface area contributed by atoms with Gasteiger partial charge in [0.1, 0.15) is 5.75 Å². The number of carbonyl (C=O) groups is 1. The highest BCUT2D eigenvalue weighted by Crippen LogP contribution is 2.43. The Hall–Kier alpha value is -4.18. The van der Waals surface area contributed by atoms with Crippen LogP contribution in [0, 0.1) is 0 Å². The van der Waals surface area contributed by atoms with Crippen molar-refractivity contribution in [2.45, 2.75) is 31.0 Å². The summed E-state index contributed by atoms with van der Waals surface area (Å²) in [5.41, 5.74) is 9.41. The van der Waals surface area contributed by atoms with Crippen LogP contribution in [0.4, 0.5) is 5.69 Å². The molecule has 4 aromatic rings. The third kappa shape index (κ3) is 7.30. The van der Waals surface area contributed by atoms with E-state index < -0.39 is 11.6 Å². The van der Waals surface area contributed by atoms with Gasteiger partial charge in [0.15, 0.2) is 11.6 Å². The first kappa shape index (κ1) is 31.3. The predicted molar refractivity (Wildman–Crippen MR) is 177 cm³/mol. The molecule has 0 unspecified atom stereocenters. The maximum absolute atomic E-state index is 14.4. The largest absolute Gasteiger partial charge is 0.494 e. The SMILES string of the molecule is CN(C)c1ccc(CNNC(=O)[C@@]2(Cc3ccccc3Br)N=C(c3ccc(OCCCO)cc3)O[C@H]2c2ccccc2)cc1. The summed E-state index contributed by atoms with van der Waals surface area (Å²) in [6.45, 7) is 0.935. The molecule has 0 spiro atoms. The molecule has 1 heterocycles. The normalized spacial score (nSPS) is 17.5. The summed E-state index contributed by atoms with van der Waals surface area (Å²) >= 11 is 3.68. The monoisotopic (exact) mass is 656 g/mol. The van der Waals surface area contributed by atoms with Crippen LogP contribution >= 0.6 is 15.9 Å². The van der Waals surface area contributed by atoms with Gasteiger partial charge in [0.25, 0.3) is 5.91 Å². The van der Waals surface area contributed by atoms with Crippen LogP contribution in [0.3, 0.4) is 0 Å². The van der Waals surface area contributed by atoms with Gasteiger partial charge in [0.05, 0.1) is 6.61 Å². The molecule has 4 aromatic carbocycles. The zero-order valence-corrected chi connectivity index (χ0v) is 26.5. The maximum atomic E-state index is 14.4. The Kier molecular flexibility index (Phi) is 10.3. The quantitative estimate of drug-likeness (QED) is 0.128. The van der Waals surface area contributed by atoms with E-state index in [0.717, 1.165) is 32.4 Å². The van der Waals surface area contributed by atoms with E-state index in [4.69, 9.17) is 19.6 Å². The van der Waals surface area contributed by atoms with Crippen molar-refractivity contribution in [1.82, 2.24) is 10.9 Å². The number of carbonyl (C=O) groups excluding carboxylic acids is 1. The third-order valence-corrected chi connectivity index (χ3v) is 8.27. The number of hydrogen-bond donors (Lipinski definition) is 3. The van der Waals surface area contributed by atoms with E-state index in [1.807, 2.05) is 122 Å². The molecule has 0 aromatic heterocycles. The highest BCUT2D eigenvalue weighted by atomic mass is 79.9. The number of rotatable bonds is 13. The van der Waals surface area contributed by atoms with E-state index in [2.05, 4.69) is 26.8 Å². The fraction of sp³-hybridized carbons (Fsp3) is 0.257. The topological polar surface area (TPSA) is 95.4 Å². The van der Waals surface area contributed by atoms with Crippen molar-refractivity contribution in [2.75, 3.05) is 32.2 Å². The Morgan fingerprint density at radius 2 is 1.68 bits per heavy atom. The summed E-state index contributed by atoms with van der Waals surface area (Å²) in [5.74, 6) is 0.758. The summed E-state index contributed by atoms with van der Waals surface area (Å²) in [4.78, 5) is 21.5. The lowest BCUT2D eigenvalue weighted by Gasteiger charge is -2.31. The Labute approximate surface area is 266 Å². The fourth-order valence-corrected chi connectivity index (χ4v) is 5.51. The van der Waals surface area contributed by atoms with Crippen LogP contribution in [0.25, 0.3) is 0 Å². The highest BCUT2D eigenvalue weighted by molar-refractivity contribution is 9.10. The summed E-state index contributed by atoms with van der Waals surface area (Å²) in [6, 6.07) is 33.2. The van der Waals surface area contributed by atoms with Crippen LogP contribution in [-0.2, 0) is 22.5 Å². The molecule has 0 saturated carbocycles. The van der Waals surface area contributed by atoms with Gasteiger partial charge in [0, 0.05) is 55.8 Å². The number of nitrogens with one attached hydrogen (secondary N) is 2. The molecular weight excluding hydrogens is 620 g/mol. The Morgan fingerprint density at radius 1 is 0.977 bits per heavy atom. The van der Waals surface area contributed by atoms with Crippen molar-refractivity contribution in [3.63, 3.8) is 0 Å². The molecule has 0 saturated heterocycles. The lowest BCUT2D eigenvalue weighted by Crippen LogP contribution is -2.53. The van der Waals surface area contributed by atoms with E-state index >= 15 is 0 Å². The van der Waals surface area contributed by atoms with Gasteiger partial charge >= 0.3 is 0 Å². The smallest absolute Gasteiger partial charge is 0.266 e. The molecule has 9 heteroatoms. The van der Waals surface area contributed by atoms with Gasteiger partial charge in [-0.3, -0.25) is 10.2 Å². The van der Waals surface area contributed by atoms with Gasteiger partial charge in [0.2, 0.25) is 5.90 Å². The average molecular weight is 658 g/mol. The number of hydrogen-bond acceptors (Lipinski definition) is 7. The first-order valence-corrected chi connectivity index (χ1v) is 15.4. The van der Waals surface area contributed by atoms with Crippen LogP contribution in [0.1, 0.15) is 34.8 Å². The first-order valence-electron chi connectivity index (χ1n) is 14.6. The van der Waals surface area contributed by atoms with Crippen molar-refractivity contribution in [3.05, 3.63) is 130 Å². The summed E-state index contributed by atoms with van der Waals surface area (Å²) in [5, 5.41) is 9.05. The summed E-state index contributed by atoms with van der Waals surface area (Å²) in [6.07, 6.45) is 0.163. The van der Waals surface area contributed by atoms with Crippen LogP contribution in [-0.4, -0.2) is 49.8 Å². The van der Waals surface area contributed by atoms with Crippen LogP contribution in [0.5, 0.6) is 5.75 Å². The molecular formula is C35H37BrN4O4. The first-order chi connectivity index (χ1) is 21.4. The van der Waals surface area contributed by atoms with Crippen molar-refractivity contribution < 1.29 is 19.4 Å². The van der Waals surface area contributed by atoms with E-state index in [0.29, 0.717) is 37.6 Å². The molecule has 0 aliphatic carbocycles. The third-order valence-electron chi connectivity index (χ3n) is 7.50. The zero-order valence-electron chi connectivity index (χ0n) is 24.9. The zero-order chi connectivity index (χ0) is 30.9. The molecule has 8 nitrogen and oxygen atoms in total.